The van der Waals surface area contributed by atoms with Crippen LogP contribution < -0.4 is 15.4 Å². The van der Waals surface area contributed by atoms with Crippen LogP contribution in [0.25, 0.3) is 0 Å². The van der Waals surface area contributed by atoms with Crippen molar-refractivity contribution in [2.75, 3.05) is 26.8 Å². The molecule has 1 aliphatic rings. The first-order valence-electron chi connectivity index (χ1n) is 6.58. The van der Waals surface area contributed by atoms with E-state index in [4.69, 9.17) is 9.47 Å². The van der Waals surface area contributed by atoms with Gasteiger partial charge in [0.15, 0.2) is 0 Å². The lowest BCUT2D eigenvalue weighted by atomic mass is 10.1. The number of hydrogen-bond acceptors (Lipinski definition) is 4. The second-order valence-electron chi connectivity index (χ2n) is 4.69. The summed E-state index contributed by atoms with van der Waals surface area (Å²) >= 11 is 3.45. The van der Waals surface area contributed by atoms with E-state index in [0.29, 0.717) is 13.2 Å². The number of carbonyl (C=O) groups excluding carboxylic acids is 1. The highest BCUT2D eigenvalue weighted by atomic mass is 79.9. The molecule has 0 aromatic heterocycles. The van der Waals surface area contributed by atoms with Gasteiger partial charge in [-0.3, -0.25) is 4.79 Å². The molecule has 0 bridgehead atoms. The molecule has 5 nitrogen and oxygen atoms in total. The van der Waals surface area contributed by atoms with Crippen molar-refractivity contribution in [2.24, 2.45) is 0 Å². The van der Waals surface area contributed by atoms with Gasteiger partial charge in [-0.1, -0.05) is 6.07 Å². The number of morpholine rings is 1. The summed E-state index contributed by atoms with van der Waals surface area (Å²) in [6.45, 7) is 3.87. The standard InChI is InChI=1S/C14H19BrN2O3/c1-9(10-3-4-12(19-2)11(15)7-10)17-14(18)13-8-16-5-6-20-13/h3-4,7,9,13,16H,5-6,8H2,1-2H3,(H,17,18). The fourth-order valence-corrected chi connectivity index (χ4v) is 2.63. The predicted octanol–water partition coefficient (Wildman–Crippen LogP) is 1.62. The van der Waals surface area contributed by atoms with Crippen LogP contribution in [0.1, 0.15) is 18.5 Å². The topological polar surface area (TPSA) is 59.6 Å². The first kappa shape index (κ1) is 15.3. The number of rotatable bonds is 4. The zero-order valence-electron chi connectivity index (χ0n) is 11.6. The van der Waals surface area contributed by atoms with E-state index in [1.807, 2.05) is 25.1 Å². The van der Waals surface area contributed by atoms with Crippen LogP contribution in [-0.4, -0.2) is 38.8 Å². The largest absolute Gasteiger partial charge is 0.496 e. The monoisotopic (exact) mass is 342 g/mol. The lowest BCUT2D eigenvalue weighted by Gasteiger charge is -2.24. The smallest absolute Gasteiger partial charge is 0.250 e. The van der Waals surface area contributed by atoms with Gasteiger partial charge < -0.3 is 20.1 Å². The number of amides is 1. The number of ether oxygens (including phenoxy) is 2. The lowest BCUT2D eigenvalue weighted by molar-refractivity contribution is -0.134. The minimum Gasteiger partial charge on any atom is -0.496 e. The summed E-state index contributed by atoms with van der Waals surface area (Å²) in [5.41, 5.74) is 1.01. The molecule has 0 radical (unpaired) electrons. The molecule has 1 heterocycles. The van der Waals surface area contributed by atoms with Gasteiger partial charge in [0.1, 0.15) is 11.9 Å². The molecular formula is C14H19BrN2O3. The minimum atomic E-state index is -0.409. The first-order valence-corrected chi connectivity index (χ1v) is 7.37. The van der Waals surface area contributed by atoms with E-state index in [-0.39, 0.29) is 11.9 Å². The van der Waals surface area contributed by atoms with Crippen molar-refractivity contribution < 1.29 is 14.3 Å². The molecule has 0 aliphatic carbocycles. The zero-order valence-corrected chi connectivity index (χ0v) is 13.2. The van der Waals surface area contributed by atoms with Gasteiger partial charge in [0, 0.05) is 13.1 Å². The van der Waals surface area contributed by atoms with Crippen LogP contribution in [0, 0.1) is 0 Å². The Morgan fingerprint density at radius 3 is 3.00 bits per heavy atom. The zero-order chi connectivity index (χ0) is 14.5. The molecule has 1 fully saturated rings. The van der Waals surface area contributed by atoms with Crippen LogP contribution in [-0.2, 0) is 9.53 Å². The summed E-state index contributed by atoms with van der Waals surface area (Å²) in [6.07, 6.45) is -0.409. The third kappa shape index (κ3) is 3.71. The summed E-state index contributed by atoms with van der Waals surface area (Å²) < 4.78 is 11.5. The van der Waals surface area contributed by atoms with Crippen molar-refractivity contribution in [3.8, 4) is 5.75 Å². The average molecular weight is 343 g/mol. The van der Waals surface area contributed by atoms with Gasteiger partial charge in [-0.05, 0) is 40.5 Å². The minimum absolute atomic E-state index is 0.0864. The number of halogens is 1. The number of nitrogens with one attached hydrogen (secondary N) is 2. The van der Waals surface area contributed by atoms with Gasteiger partial charge >= 0.3 is 0 Å². The average Bonchev–Trinajstić information content (AvgIpc) is 2.48. The molecule has 1 amide bonds. The van der Waals surface area contributed by atoms with Crippen LogP contribution in [0.15, 0.2) is 22.7 Å². The Kier molecular flexibility index (Phi) is 5.39. The highest BCUT2D eigenvalue weighted by molar-refractivity contribution is 9.10. The van der Waals surface area contributed by atoms with E-state index in [0.717, 1.165) is 22.3 Å². The molecule has 2 unspecified atom stereocenters. The maximum atomic E-state index is 12.1. The van der Waals surface area contributed by atoms with Gasteiger partial charge in [0.2, 0.25) is 0 Å². The van der Waals surface area contributed by atoms with E-state index < -0.39 is 6.10 Å². The normalized spacial score (nSPS) is 20.2. The van der Waals surface area contributed by atoms with Crippen molar-refractivity contribution in [2.45, 2.75) is 19.1 Å². The maximum absolute atomic E-state index is 12.1. The van der Waals surface area contributed by atoms with E-state index in [9.17, 15) is 4.79 Å². The molecule has 110 valence electrons. The fourth-order valence-electron chi connectivity index (χ4n) is 2.08. The van der Waals surface area contributed by atoms with Crippen molar-refractivity contribution in [1.29, 1.82) is 0 Å². The van der Waals surface area contributed by atoms with Crippen LogP contribution in [0.5, 0.6) is 5.75 Å². The summed E-state index contributed by atoms with van der Waals surface area (Å²) in [5.74, 6) is 0.684. The van der Waals surface area contributed by atoms with Crippen LogP contribution in [0.3, 0.4) is 0 Å². The van der Waals surface area contributed by atoms with Gasteiger partial charge in [-0.2, -0.15) is 0 Å². The van der Waals surface area contributed by atoms with Gasteiger partial charge in [0.05, 0.1) is 24.2 Å². The maximum Gasteiger partial charge on any atom is 0.250 e. The molecule has 2 atom stereocenters. The Morgan fingerprint density at radius 1 is 1.60 bits per heavy atom. The van der Waals surface area contributed by atoms with Gasteiger partial charge in [-0.25, -0.2) is 0 Å². The van der Waals surface area contributed by atoms with Crippen molar-refractivity contribution in [3.05, 3.63) is 28.2 Å². The summed E-state index contributed by atoms with van der Waals surface area (Å²) in [7, 11) is 1.62. The Labute approximate surface area is 127 Å². The molecule has 1 saturated heterocycles. The SMILES string of the molecule is COc1ccc(C(C)NC(=O)C2CNCCO2)cc1Br. The summed E-state index contributed by atoms with van der Waals surface area (Å²) in [6, 6.07) is 5.68. The summed E-state index contributed by atoms with van der Waals surface area (Å²) in [4.78, 5) is 12.1. The third-order valence-electron chi connectivity index (χ3n) is 3.25. The quantitative estimate of drug-likeness (QED) is 0.872. The van der Waals surface area contributed by atoms with Crippen LogP contribution >= 0.6 is 15.9 Å². The highest BCUT2D eigenvalue weighted by Crippen LogP contribution is 2.28. The lowest BCUT2D eigenvalue weighted by Crippen LogP contribution is -2.48. The molecule has 0 spiro atoms. The molecular weight excluding hydrogens is 324 g/mol. The van der Waals surface area contributed by atoms with Gasteiger partial charge in [0.25, 0.3) is 5.91 Å². The second-order valence-corrected chi connectivity index (χ2v) is 5.54. The Bertz CT molecular complexity index is 475. The van der Waals surface area contributed by atoms with Crippen molar-refractivity contribution in [3.63, 3.8) is 0 Å². The number of hydrogen-bond donors (Lipinski definition) is 2. The molecule has 6 heteroatoms. The molecule has 1 aliphatic heterocycles. The van der Waals surface area contributed by atoms with E-state index in [1.165, 1.54) is 0 Å². The van der Waals surface area contributed by atoms with Crippen LogP contribution in [0.2, 0.25) is 0 Å². The Balaban J connectivity index is 1.98. The molecule has 1 aromatic rings. The number of benzene rings is 1. The first-order chi connectivity index (χ1) is 9.61. The Hall–Kier alpha value is -1.11. The highest BCUT2D eigenvalue weighted by Gasteiger charge is 2.23. The fraction of sp³-hybridized carbons (Fsp3) is 0.500. The van der Waals surface area contributed by atoms with Gasteiger partial charge in [-0.15, -0.1) is 0 Å². The molecule has 2 rings (SSSR count). The third-order valence-corrected chi connectivity index (χ3v) is 3.87. The van der Waals surface area contributed by atoms with Crippen LogP contribution in [0.4, 0.5) is 0 Å². The van der Waals surface area contributed by atoms with E-state index >= 15 is 0 Å². The molecule has 2 N–H and O–H groups in total. The number of carbonyl (C=O) groups is 1. The Morgan fingerprint density at radius 2 is 2.40 bits per heavy atom. The molecule has 0 saturated carbocycles. The molecule has 20 heavy (non-hydrogen) atoms. The van der Waals surface area contributed by atoms with Crippen molar-refractivity contribution in [1.82, 2.24) is 10.6 Å². The molecule has 1 aromatic carbocycles. The van der Waals surface area contributed by atoms with E-state index in [2.05, 4.69) is 26.6 Å². The second kappa shape index (κ2) is 7.06. The van der Waals surface area contributed by atoms with Crippen molar-refractivity contribution >= 4 is 21.8 Å². The number of methoxy groups -OCH3 is 1. The summed E-state index contributed by atoms with van der Waals surface area (Å²) in [5, 5.41) is 6.11. The predicted molar refractivity (Wildman–Crippen MR) is 79.9 cm³/mol. The van der Waals surface area contributed by atoms with E-state index in [1.54, 1.807) is 7.11 Å².